The van der Waals surface area contributed by atoms with Crippen LogP contribution in [0, 0.1) is 0 Å². The number of rotatable bonds is 9. The van der Waals surface area contributed by atoms with Crippen LogP contribution in [0.4, 0.5) is 5.69 Å². The number of carbonyl (C=O) groups is 3. The molecule has 0 atom stereocenters. The first-order valence-corrected chi connectivity index (χ1v) is 12.5. The lowest BCUT2D eigenvalue weighted by Crippen LogP contribution is -2.30. The number of anilines is 1. The Labute approximate surface area is 203 Å². The predicted molar refractivity (Wildman–Crippen MR) is 130 cm³/mol. The minimum atomic E-state index is -3.77. The number of amides is 2. The molecule has 0 N–H and O–H groups in total. The second kappa shape index (κ2) is 10.1. The van der Waals surface area contributed by atoms with Crippen molar-refractivity contribution in [2.75, 3.05) is 24.5 Å². The molecule has 8 nitrogen and oxygen atoms in total. The number of unbranched alkanes of at least 4 members (excludes halogenated alkanes) is 1. The molecule has 2 amide bonds. The molecule has 4 rings (SSSR count). The summed E-state index contributed by atoms with van der Waals surface area (Å²) in [4.78, 5) is 38.3. The van der Waals surface area contributed by atoms with E-state index in [0.29, 0.717) is 29.7 Å². The van der Waals surface area contributed by atoms with Crippen molar-refractivity contribution in [3.63, 3.8) is 0 Å². The van der Waals surface area contributed by atoms with Crippen molar-refractivity contribution in [1.29, 1.82) is 0 Å². The van der Waals surface area contributed by atoms with E-state index in [9.17, 15) is 22.8 Å². The van der Waals surface area contributed by atoms with Gasteiger partial charge in [-0.1, -0.05) is 30.3 Å². The van der Waals surface area contributed by atoms with Crippen LogP contribution in [0.2, 0.25) is 0 Å². The van der Waals surface area contributed by atoms with Crippen LogP contribution in [0.25, 0.3) is 0 Å². The molecule has 180 valence electrons. The van der Waals surface area contributed by atoms with Crippen LogP contribution in [0.5, 0.6) is 0 Å². The van der Waals surface area contributed by atoms with Crippen molar-refractivity contribution in [3.05, 3.63) is 95.6 Å². The average molecular weight is 493 g/mol. The normalized spacial score (nSPS) is 13.0. The highest BCUT2D eigenvalue weighted by Crippen LogP contribution is 2.23. The van der Waals surface area contributed by atoms with Crippen LogP contribution in [0.15, 0.2) is 83.8 Å². The monoisotopic (exact) mass is 492 g/mol. The molecule has 0 aromatic heterocycles. The minimum absolute atomic E-state index is 0.0568. The lowest BCUT2D eigenvalue weighted by atomic mass is 10.1. The molecule has 0 saturated carbocycles. The highest BCUT2D eigenvalue weighted by Gasteiger charge is 2.34. The van der Waals surface area contributed by atoms with E-state index in [4.69, 9.17) is 4.74 Å². The lowest BCUT2D eigenvalue weighted by Gasteiger charge is -2.19. The van der Waals surface area contributed by atoms with E-state index >= 15 is 0 Å². The zero-order valence-corrected chi connectivity index (χ0v) is 19.9. The van der Waals surface area contributed by atoms with Gasteiger partial charge in [-0.15, -0.1) is 0 Å². The number of hydrogen-bond donors (Lipinski definition) is 0. The number of imide groups is 1. The highest BCUT2D eigenvalue weighted by atomic mass is 32.2. The van der Waals surface area contributed by atoms with E-state index in [0.717, 1.165) is 0 Å². The summed E-state index contributed by atoms with van der Waals surface area (Å²) >= 11 is 0. The molecule has 0 aliphatic carbocycles. The molecular weight excluding hydrogens is 468 g/mol. The van der Waals surface area contributed by atoms with E-state index in [2.05, 4.69) is 0 Å². The topological polar surface area (TPSA) is 101 Å². The van der Waals surface area contributed by atoms with Crippen molar-refractivity contribution < 1.29 is 27.5 Å². The Morgan fingerprint density at radius 3 is 2.00 bits per heavy atom. The van der Waals surface area contributed by atoms with Gasteiger partial charge < -0.3 is 4.74 Å². The summed E-state index contributed by atoms with van der Waals surface area (Å²) in [6.45, 7) is 0.351. The highest BCUT2D eigenvalue weighted by molar-refractivity contribution is 7.92. The third kappa shape index (κ3) is 4.95. The van der Waals surface area contributed by atoms with Gasteiger partial charge in [-0.25, -0.2) is 13.2 Å². The number of fused-ring (bicyclic) bond motifs is 1. The van der Waals surface area contributed by atoms with Gasteiger partial charge in [0.2, 0.25) is 0 Å². The smallest absolute Gasteiger partial charge is 0.338 e. The Kier molecular flexibility index (Phi) is 6.97. The first kappa shape index (κ1) is 24.2. The number of esters is 1. The second-order valence-corrected chi connectivity index (χ2v) is 9.95. The average Bonchev–Trinajstić information content (AvgIpc) is 3.13. The number of para-hydroxylation sites is 1. The van der Waals surface area contributed by atoms with Gasteiger partial charge in [-0.3, -0.25) is 18.8 Å². The zero-order valence-electron chi connectivity index (χ0n) is 19.1. The molecule has 0 radical (unpaired) electrons. The van der Waals surface area contributed by atoms with Crippen LogP contribution < -0.4 is 4.31 Å². The van der Waals surface area contributed by atoms with Gasteiger partial charge in [0.05, 0.1) is 33.9 Å². The van der Waals surface area contributed by atoms with Gasteiger partial charge in [0.15, 0.2) is 0 Å². The Balaban J connectivity index is 1.26. The van der Waals surface area contributed by atoms with Gasteiger partial charge in [-0.2, -0.15) is 0 Å². The van der Waals surface area contributed by atoms with Crippen LogP contribution >= 0.6 is 0 Å². The maximum absolute atomic E-state index is 12.8. The van der Waals surface area contributed by atoms with Gasteiger partial charge in [-0.05, 0) is 61.4 Å². The van der Waals surface area contributed by atoms with Crippen molar-refractivity contribution in [2.24, 2.45) is 0 Å². The standard InChI is InChI=1S/C26H24N2O6S/c1-27(20-9-3-2-4-10-20)35(32,33)21-15-13-19(14-16-21)26(31)34-18-8-7-17-28-24(29)22-11-5-6-12-23(22)25(28)30/h2-6,9-16H,7-8,17-18H2,1H3. The number of nitrogens with zero attached hydrogens (tertiary/aromatic N) is 2. The molecule has 35 heavy (non-hydrogen) atoms. The zero-order chi connectivity index (χ0) is 25.0. The predicted octanol–water partition coefficient (Wildman–Crippen LogP) is 3.74. The Morgan fingerprint density at radius 2 is 1.40 bits per heavy atom. The van der Waals surface area contributed by atoms with Crippen LogP contribution in [-0.4, -0.2) is 51.3 Å². The fraction of sp³-hybridized carbons (Fsp3) is 0.192. The molecule has 0 saturated heterocycles. The summed E-state index contributed by atoms with van der Waals surface area (Å²) in [5.74, 6) is -1.20. The van der Waals surface area contributed by atoms with Crippen LogP contribution in [-0.2, 0) is 14.8 Å². The lowest BCUT2D eigenvalue weighted by molar-refractivity contribution is 0.0485. The molecule has 3 aromatic carbocycles. The van der Waals surface area contributed by atoms with Gasteiger partial charge in [0, 0.05) is 13.6 Å². The molecule has 0 spiro atoms. The van der Waals surface area contributed by atoms with Crippen molar-refractivity contribution >= 4 is 33.5 Å². The van der Waals surface area contributed by atoms with Crippen LogP contribution in [0.3, 0.4) is 0 Å². The number of hydrogen-bond acceptors (Lipinski definition) is 6. The molecule has 3 aromatic rings. The summed E-state index contributed by atoms with van der Waals surface area (Å²) in [7, 11) is -2.31. The molecule has 1 heterocycles. The quantitative estimate of drug-likeness (QED) is 0.256. The van der Waals surface area contributed by atoms with Gasteiger partial charge >= 0.3 is 5.97 Å². The molecular formula is C26H24N2O6S. The number of carbonyl (C=O) groups excluding carboxylic acids is 3. The van der Waals surface area contributed by atoms with E-state index in [1.807, 2.05) is 0 Å². The minimum Gasteiger partial charge on any atom is -0.462 e. The van der Waals surface area contributed by atoms with E-state index in [1.54, 1.807) is 54.6 Å². The largest absolute Gasteiger partial charge is 0.462 e. The molecule has 0 fully saturated rings. The fourth-order valence-corrected chi connectivity index (χ4v) is 4.96. The Morgan fingerprint density at radius 1 is 0.829 bits per heavy atom. The van der Waals surface area contributed by atoms with Crippen LogP contribution in [0.1, 0.15) is 43.9 Å². The van der Waals surface area contributed by atoms with E-state index in [1.165, 1.54) is 40.5 Å². The SMILES string of the molecule is CN(c1ccccc1)S(=O)(=O)c1ccc(C(=O)OCCCCN2C(=O)c3ccccc3C2=O)cc1. The number of ether oxygens (including phenoxy) is 1. The summed E-state index contributed by atoms with van der Waals surface area (Å²) in [5, 5.41) is 0. The molecule has 1 aliphatic rings. The van der Waals surface area contributed by atoms with Gasteiger partial charge in [0.25, 0.3) is 21.8 Å². The third-order valence-corrected chi connectivity index (χ3v) is 7.56. The summed E-state index contributed by atoms with van der Waals surface area (Å²) in [5.41, 5.74) is 1.57. The number of benzene rings is 3. The second-order valence-electron chi connectivity index (χ2n) is 7.98. The molecule has 1 aliphatic heterocycles. The maximum atomic E-state index is 12.8. The first-order chi connectivity index (χ1) is 16.8. The third-order valence-electron chi connectivity index (χ3n) is 5.76. The van der Waals surface area contributed by atoms with Crippen molar-refractivity contribution in [2.45, 2.75) is 17.7 Å². The molecule has 0 unspecified atom stereocenters. The Hall–Kier alpha value is -3.98. The fourth-order valence-electron chi connectivity index (χ4n) is 3.76. The Bertz CT molecular complexity index is 1320. The summed E-state index contributed by atoms with van der Waals surface area (Å²) < 4.78 is 32.1. The summed E-state index contributed by atoms with van der Waals surface area (Å²) in [6.07, 6.45) is 0.954. The maximum Gasteiger partial charge on any atom is 0.338 e. The van der Waals surface area contributed by atoms with E-state index in [-0.39, 0.29) is 35.4 Å². The van der Waals surface area contributed by atoms with E-state index < -0.39 is 16.0 Å². The number of sulfonamides is 1. The molecule has 9 heteroatoms. The summed E-state index contributed by atoms with van der Waals surface area (Å²) in [6, 6.07) is 20.9. The molecule has 0 bridgehead atoms. The van der Waals surface area contributed by atoms with Gasteiger partial charge in [0.1, 0.15) is 0 Å². The van der Waals surface area contributed by atoms with Crippen molar-refractivity contribution in [1.82, 2.24) is 4.90 Å². The first-order valence-electron chi connectivity index (χ1n) is 11.1. The van der Waals surface area contributed by atoms with Crippen molar-refractivity contribution in [3.8, 4) is 0 Å².